The Morgan fingerprint density at radius 2 is 2.11 bits per heavy atom. The van der Waals surface area contributed by atoms with Crippen molar-refractivity contribution in [3.63, 3.8) is 0 Å². The summed E-state index contributed by atoms with van der Waals surface area (Å²) in [6, 6.07) is 3.98. The molecule has 1 aromatic carbocycles. The van der Waals surface area contributed by atoms with Crippen molar-refractivity contribution < 1.29 is 17.6 Å². The number of halogens is 2. The Hall–Kier alpha value is -0.740. The van der Waals surface area contributed by atoms with Crippen molar-refractivity contribution in [2.45, 2.75) is 11.7 Å². The highest BCUT2D eigenvalue weighted by atomic mass is 127. The maximum Gasteiger partial charge on any atom is 0.228 e. The first-order valence-electron chi connectivity index (χ1n) is 5.06. The number of hydrogen-bond acceptors (Lipinski definition) is 3. The maximum atomic E-state index is 13.0. The Labute approximate surface area is 117 Å². The second-order valence-electron chi connectivity index (χ2n) is 4.02. The van der Waals surface area contributed by atoms with Crippen LogP contribution in [0.4, 0.5) is 10.1 Å². The minimum Gasteiger partial charge on any atom is -0.310 e. The Morgan fingerprint density at radius 1 is 1.44 bits per heavy atom. The van der Waals surface area contributed by atoms with Crippen LogP contribution >= 0.6 is 22.6 Å². The van der Waals surface area contributed by atoms with E-state index in [4.69, 9.17) is 5.14 Å². The van der Waals surface area contributed by atoms with Crippen LogP contribution in [-0.2, 0) is 14.8 Å². The van der Waals surface area contributed by atoms with Gasteiger partial charge in [0.05, 0.1) is 5.69 Å². The maximum absolute atomic E-state index is 13.0. The largest absolute Gasteiger partial charge is 0.310 e. The van der Waals surface area contributed by atoms with E-state index in [1.165, 1.54) is 23.1 Å². The molecule has 2 N–H and O–H groups in total. The number of benzene rings is 1. The molecule has 1 aromatic rings. The fraction of sp³-hybridized carbons (Fsp3) is 0.300. The second-order valence-corrected chi connectivity index (χ2v) is 7.02. The Bertz CT molecular complexity index is 605. The SMILES string of the molecule is NS(=O)(=O)C1CC(=O)N(c2ccc(F)cc2I)C1. The van der Waals surface area contributed by atoms with Crippen LogP contribution in [0.1, 0.15) is 6.42 Å². The topological polar surface area (TPSA) is 80.5 Å². The van der Waals surface area contributed by atoms with Crippen LogP contribution in [0.2, 0.25) is 0 Å². The van der Waals surface area contributed by atoms with Gasteiger partial charge in [0.25, 0.3) is 0 Å². The first kappa shape index (κ1) is 13.7. The van der Waals surface area contributed by atoms with Crippen molar-refractivity contribution in [3.8, 4) is 0 Å². The molecule has 1 heterocycles. The molecule has 0 aromatic heterocycles. The number of carbonyl (C=O) groups excluding carboxylic acids is 1. The Balaban J connectivity index is 2.33. The molecule has 0 radical (unpaired) electrons. The average Bonchev–Trinajstić information content (AvgIpc) is 2.60. The van der Waals surface area contributed by atoms with Crippen LogP contribution < -0.4 is 10.0 Å². The van der Waals surface area contributed by atoms with Crippen molar-refractivity contribution in [1.29, 1.82) is 0 Å². The lowest BCUT2D eigenvalue weighted by atomic mass is 10.3. The second kappa shape index (κ2) is 4.74. The predicted octanol–water partition coefficient (Wildman–Crippen LogP) is 0.824. The van der Waals surface area contributed by atoms with Gasteiger partial charge in [-0.2, -0.15) is 0 Å². The van der Waals surface area contributed by atoms with E-state index in [1.807, 2.05) is 22.6 Å². The minimum atomic E-state index is -3.74. The van der Waals surface area contributed by atoms with Crippen molar-refractivity contribution in [1.82, 2.24) is 0 Å². The van der Waals surface area contributed by atoms with Crippen molar-refractivity contribution in [3.05, 3.63) is 27.6 Å². The number of hydrogen-bond donors (Lipinski definition) is 1. The van der Waals surface area contributed by atoms with Gasteiger partial charge in [0, 0.05) is 16.5 Å². The lowest BCUT2D eigenvalue weighted by molar-refractivity contribution is -0.117. The van der Waals surface area contributed by atoms with Crippen molar-refractivity contribution in [2.24, 2.45) is 5.14 Å². The van der Waals surface area contributed by atoms with Crippen molar-refractivity contribution >= 4 is 44.2 Å². The number of rotatable bonds is 2. The van der Waals surface area contributed by atoms with Gasteiger partial charge >= 0.3 is 0 Å². The van der Waals surface area contributed by atoms with Gasteiger partial charge in [0.2, 0.25) is 15.9 Å². The molecular weight excluding hydrogens is 374 g/mol. The number of nitrogens with zero attached hydrogens (tertiary/aromatic N) is 1. The molecule has 8 heteroatoms. The van der Waals surface area contributed by atoms with E-state index in [1.54, 1.807) is 0 Å². The highest BCUT2D eigenvalue weighted by Gasteiger charge is 2.37. The first-order valence-corrected chi connectivity index (χ1v) is 7.75. The van der Waals surface area contributed by atoms with Gasteiger partial charge < -0.3 is 4.90 Å². The molecule has 0 spiro atoms. The zero-order valence-electron chi connectivity index (χ0n) is 9.14. The van der Waals surface area contributed by atoms with E-state index in [0.717, 1.165) is 0 Å². The average molecular weight is 384 g/mol. The van der Waals surface area contributed by atoms with E-state index in [0.29, 0.717) is 9.26 Å². The van der Waals surface area contributed by atoms with Crippen LogP contribution in [-0.4, -0.2) is 26.1 Å². The number of sulfonamides is 1. The number of nitrogens with two attached hydrogens (primary N) is 1. The fourth-order valence-electron chi connectivity index (χ4n) is 1.83. The lowest BCUT2D eigenvalue weighted by Crippen LogP contribution is -2.32. The van der Waals surface area contributed by atoms with E-state index in [-0.39, 0.29) is 18.9 Å². The van der Waals surface area contributed by atoms with Crippen LogP contribution in [0.5, 0.6) is 0 Å². The van der Waals surface area contributed by atoms with Crippen LogP contribution in [0.3, 0.4) is 0 Å². The minimum absolute atomic E-state index is 0.0132. The quantitative estimate of drug-likeness (QED) is 0.767. The molecule has 98 valence electrons. The molecule has 1 fully saturated rings. The first-order chi connectivity index (χ1) is 8.29. The highest BCUT2D eigenvalue weighted by molar-refractivity contribution is 14.1. The molecule has 0 bridgehead atoms. The van der Waals surface area contributed by atoms with Gasteiger partial charge in [-0.15, -0.1) is 0 Å². The highest BCUT2D eigenvalue weighted by Crippen LogP contribution is 2.28. The summed E-state index contributed by atoms with van der Waals surface area (Å²) in [4.78, 5) is 13.1. The van der Waals surface area contributed by atoms with Gasteiger partial charge in [-0.1, -0.05) is 0 Å². The smallest absolute Gasteiger partial charge is 0.228 e. The standard InChI is InChI=1S/C10H10FIN2O3S/c11-6-1-2-9(8(12)3-6)14-5-7(4-10(14)15)18(13,16)17/h1-3,7H,4-5H2,(H2,13,16,17). The molecule has 0 saturated carbocycles. The van der Waals surface area contributed by atoms with E-state index < -0.39 is 21.1 Å². The summed E-state index contributed by atoms with van der Waals surface area (Å²) in [5.41, 5.74) is 0.508. The predicted molar refractivity (Wildman–Crippen MR) is 73.0 cm³/mol. The van der Waals surface area contributed by atoms with Crippen LogP contribution in [0.15, 0.2) is 18.2 Å². The summed E-state index contributed by atoms with van der Waals surface area (Å²) in [6.07, 6.45) is -0.133. The third-order valence-corrected chi connectivity index (χ3v) is 4.86. The summed E-state index contributed by atoms with van der Waals surface area (Å²) in [5.74, 6) is -0.726. The lowest BCUT2D eigenvalue weighted by Gasteiger charge is -2.18. The molecule has 0 aliphatic carbocycles. The number of anilines is 1. The van der Waals surface area contributed by atoms with E-state index in [2.05, 4.69) is 0 Å². The molecule has 1 saturated heterocycles. The van der Waals surface area contributed by atoms with E-state index >= 15 is 0 Å². The summed E-state index contributed by atoms with van der Waals surface area (Å²) in [7, 11) is -3.74. The molecule has 1 unspecified atom stereocenters. The third-order valence-electron chi connectivity index (χ3n) is 2.75. The van der Waals surface area contributed by atoms with Crippen LogP contribution in [0, 0.1) is 9.39 Å². The summed E-state index contributed by atoms with van der Waals surface area (Å²) < 4.78 is 36.0. The van der Waals surface area contributed by atoms with Crippen LogP contribution in [0.25, 0.3) is 0 Å². The summed E-state index contributed by atoms with van der Waals surface area (Å²) >= 11 is 1.90. The van der Waals surface area contributed by atoms with Crippen molar-refractivity contribution in [2.75, 3.05) is 11.4 Å². The van der Waals surface area contributed by atoms with Gasteiger partial charge in [-0.25, -0.2) is 17.9 Å². The Kier molecular flexibility index (Phi) is 3.60. The summed E-state index contributed by atoms with van der Waals surface area (Å²) in [6.45, 7) is 0.0132. The molecule has 18 heavy (non-hydrogen) atoms. The molecule has 1 atom stereocenters. The molecule has 1 aliphatic heterocycles. The van der Waals surface area contributed by atoms with Gasteiger partial charge in [0.1, 0.15) is 11.1 Å². The zero-order chi connectivity index (χ0) is 13.5. The monoisotopic (exact) mass is 384 g/mol. The zero-order valence-corrected chi connectivity index (χ0v) is 12.1. The van der Waals surface area contributed by atoms with Gasteiger partial charge in [0.15, 0.2) is 0 Å². The fourth-order valence-corrected chi connectivity index (χ4v) is 3.33. The molecular formula is C10H10FIN2O3S. The molecule has 2 rings (SSSR count). The molecule has 5 nitrogen and oxygen atoms in total. The normalized spacial score (nSPS) is 20.5. The number of primary sulfonamides is 1. The summed E-state index contributed by atoms with van der Waals surface area (Å²) in [5, 5.41) is 4.14. The number of amides is 1. The third kappa shape index (κ3) is 2.64. The Morgan fingerprint density at radius 3 is 2.61 bits per heavy atom. The van der Waals surface area contributed by atoms with Gasteiger partial charge in [-0.3, -0.25) is 4.79 Å². The molecule has 1 aliphatic rings. The molecule has 1 amide bonds. The van der Waals surface area contributed by atoms with Gasteiger partial charge in [-0.05, 0) is 40.8 Å². The van der Waals surface area contributed by atoms with E-state index in [9.17, 15) is 17.6 Å². The number of carbonyl (C=O) groups is 1.